The van der Waals surface area contributed by atoms with E-state index in [-0.39, 0.29) is 5.69 Å². The molecule has 2 aliphatic heterocycles. The highest BCUT2D eigenvalue weighted by molar-refractivity contribution is 5.81. The first-order valence-electron chi connectivity index (χ1n) is 10.7. The van der Waals surface area contributed by atoms with Crippen LogP contribution in [0.25, 0.3) is 22.6 Å². The molecule has 1 aromatic carbocycles. The Hall–Kier alpha value is -2.66. The summed E-state index contributed by atoms with van der Waals surface area (Å²) in [5.74, 6) is 0.348. The first-order valence-corrected chi connectivity index (χ1v) is 10.7. The van der Waals surface area contributed by atoms with Gasteiger partial charge in [-0.05, 0) is 37.1 Å². The maximum atomic E-state index is 12.3. The van der Waals surface area contributed by atoms with Crippen LogP contribution in [0.1, 0.15) is 11.1 Å². The molecule has 0 fully saturated rings. The zero-order valence-corrected chi connectivity index (χ0v) is 17.9. The molecule has 2 aliphatic rings. The molecule has 3 rings (SSSR count). The molecule has 0 atom stereocenters. The van der Waals surface area contributed by atoms with Crippen LogP contribution < -0.4 is 32.9 Å². The number of aromatic nitrogens is 4. The van der Waals surface area contributed by atoms with Crippen molar-refractivity contribution in [1.82, 2.24) is 19.5 Å². The van der Waals surface area contributed by atoms with E-state index in [2.05, 4.69) is 42.7 Å². The Kier molecular flexibility index (Phi) is 7.63. The normalized spacial score (nSPS) is 11.6. The first-order chi connectivity index (χ1) is 14.5. The lowest BCUT2D eigenvalue weighted by Gasteiger charge is -2.17. The number of quaternary nitrogens is 4. The van der Waals surface area contributed by atoms with E-state index < -0.39 is 11.2 Å². The molecule has 0 saturated carbocycles. The van der Waals surface area contributed by atoms with Crippen molar-refractivity contribution < 1.29 is 21.7 Å². The van der Waals surface area contributed by atoms with E-state index in [1.165, 1.54) is 0 Å². The molecule has 1 aromatic rings. The molecule has 0 aliphatic carbocycles. The van der Waals surface area contributed by atoms with Gasteiger partial charge in [-0.25, -0.2) is 9.78 Å². The number of nitrogens with one attached hydrogen (secondary N) is 1. The molecule has 0 unspecified atom stereocenters. The molecule has 10 N–H and O–H groups in total. The van der Waals surface area contributed by atoms with Gasteiger partial charge in [-0.2, -0.15) is 4.98 Å². The maximum absolute atomic E-state index is 12.3. The highest BCUT2D eigenvalue weighted by Gasteiger charge is 2.19. The van der Waals surface area contributed by atoms with Gasteiger partial charge in [0.05, 0.1) is 24.1 Å². The minimum atomic E-state index is -0.638. The van der Waals surface area contributed by atoms with Crippen LogP contribution in [-0.2, 0) is 6.54 Å². The van der Waals surface area contributed by atoms with Crippen molar-refractivity contribution in [3.8, 4) is 11.5 Å². The number of aromatic amines is 1. The molecule has 2 heterocycles. The van der Waals surface area contributed by atoms with Crippen LogP contribution in [0, 0.1) is 13.8 Å². The van der Waals surface area contributed by atoms with Gasteiger partial charge in [0.25, 0.3) is 5.56 Å². The summed E-state index contributed by atoms with van der Waals surface area (Å²) in [7, 11) is 0. The molecule has 0 amide bonds. The average Bonchev–Trinajstić information content (AvgIpc) is 2.70. The standard InChI is InChI=1S/C20H30N8O2/c1-13-11-15-16(12-14(13)2)28(18-17(25-15)19(29)27-20(30)26-18)10-9-24-8-7-23-6-5-22-4-3-21/h11-12,22-24H,3-10,21H2,1-2H3,(H,27,29,30)/p+4. The zero-order valence-electron chi connectivity index (χ0n) is 17.9. The highest BCUT2D eigenvalue weighted by atomic mass is 16.2. The van der Waals surface area contributed by atoms with Gasteiger partial charge in [0.15, 0.2) is 11.5 Å². The smallest absolute Gasteiger partial charge is 0.349 e. The fraction of sp³-hybridized carbons (Fsp3) is 0.500. The monoisotopic (exact) mass is 418 g/mol. The van der Waals surface area contributed by atoms with Gasteiger partial charge >= 0.3 is 5.69 Å². The van der Waals surface area contributed by atoms with Gasteiger partial charge in [0, 0.05) is 0 Å². The van der Waals surface area contributed by atoms with Gasteiger partial charge in [-0.15, -0.1) is 0 Å². The SMILES string of the molecule is Cc1cc2nc3c(=O)[nH]c(=O)nc-3n(CC[NH2+]CC[NH2+]CC[NH2+]CC[NH3+])c2cc1C. The molecular formula is C20H34N8O2+4. The van der Waals surface area contributed by atoms with Crippen LogP contribution in [0.2, 0.25) is 0 Å². The van der Waals surface area contributed by atoms with Gasteiger partial charge in [-0.3, -0.25) is 9.78 Å². The first kappa shape index (κ1) is 22.0. The number of nitrogens with zero attached hydrogens (tertiary/aromatic N) is 3. The Bertz CT molecular complexity index is 1070. The Balaban J connectivity index is 1.71. The van der Waals surface area contributed by atoms with Crippen LogP contribution in [0.5, 0.6) is 0 Å². The summed E-state index contributed by atoms with van der Waals surface area (Å²) in [5, 5.41) is 6.89. The maximum Gasteiger partial charge on any atom is 0.349 e. The molecule has 0 radical (unpaired) electrons. The molecule has 10 heteroatoms. The van der Waals surface area contributed by atoms with Crippen molar-refractivity contribution in [2.45, 2.75) is 20.4 Å². The van der Waals surface area contributed by atoms with Crippen LogP contribution in [0.15, 0.2) is 21.7 Å². The average molecular weight is 419 g/mol. The van der Waals surface area contributed by atoms with E-state index in [1.807, 2.05) is 24.5 Å². The van der Waals surface area contributed by atoms with Crippen LogP contribution in [-0.4, -0.2) is 65.3 Å². The molecule has 30 heavy (non-hydrogen) atoms. The summed E-state index contributed by atoms with van der Waals surface area (Å²) in [6, 6.07) is 4.04. The number of H-pyrrole nitrogens is 1. The third kappa shape index (κ3) is 5.28. The number of fused-ring (bicyclic) bond motifs is 2. The van der Waals surface area contributed by atoms with Crippen molar-refractivity contribution in [2.24, 2.45) is 0 Å². The lowest BCUT2D eigenvalue weighted by atomic mass is 10.1. The molecule has 0 aromatic heterocycles. The second-order valence-electron chi connectivity index (χ2n) is 7.68. The summed E-state index contributed by atoms with van der Waals surface area (Å²) in [6.07, 6.45) is 0. The summed E-state index contributed by atoms with van der Waals surface area (Å²) in [6.45, 7) is 11.9. The minimum absolute atomic E-state index is 0.206. The van der Waals surface area contributed by atoms with E-state index in [4.69, 9.17) is 0 Å². The van der Waals surface area contributed by atoms with Crippen molar-refractivity contribution >= 4 is 11.0 Å². The number of aryl methyl sites for hydroxylation is 2. The number of hydrogen-bond acceptors (Lipinski definition) is 4. The second kappa shape index (κ2) is 10.4. The fourth-order valence-electron chi connectivity index (χ4n) is 3.55. The second-order valence-corrected chi connectivity index (χ2v) is 7.68. The van der Waals surface area contributed by atoms with Crippen LogP contribution in [0.4, 0.5) is 0 Å². The van der Waals surface area contributed by atoms with Gasteiger partial charge in [-0.1, -0.05) is 0 Å². The third-order valence-corrected chi connectivity index (χ3v) is 5.34. The lowest BCUT2D eigenvalue weighted by molar-refractivity contribution is -0.752. The van der Waals surface area contributed by atoms with Crippen LogP contribution in [0.3, 0.4) is 0 Å². The Morgan fingerprint density at radius 3 is 2.27 bits per heavy atom. The number of nitrogens with two attached hydrogens (primary N) is 3. The lowest BCUT2D eigenvalue weighted by Crippen LogP contribution is -2.99. The minimum Gasteiger partial charge on any atom is -0.353 e. The van der Waals surface area contributed by atoms with E-state index in [0.29, 0.717) is 12.4 Å². The summed E-state index contributed by atoms with van der Waals surface area (Å²) < 4.78 is 1.95. The quantitative estimate of drug-likeness (QED) is 0.156. The van der Waals surface area contributed by atoms with E-state index in [1.54, 1.807) is 0 Å². The molecule has 162 valence electrons. The van der Waals surface area contributed by atoms with Gasteiger partial charge in [0.1, 0.15) is 39.3 Å². The van der Waals surface area contributed by atoms with Crippen molar-refractivity contribution in [2.75, 3.05) is 45.8 Å². The fourth-order valence-corrected chi connectivity index (χ4v) is 3.55. The Morgan fingerprint density at radius 1 is 0.933 bits per heavy atom. The number of rotatable bonds is 11. The number of hydrogen-bond donors (Lipinski definition) is 5. The van der Waals surface area contributed by atoms with Crippen molar-refractivity contribution in [3.05, 3.63) is 44.1 Å². The van der Waals surface area contributed by atoms with Crippen molar-refractivity contribution in [1.29, 1.82) is 0 Å². The molecule has 0 saturated heterocycles. The van der Waals surface area contributed by atoms with Crippen LogP contribution >= 0.6 is 0 Å². The summed E-state index contributed by atoms with van der Waals surface area (Å²) >= 11 is 0. The number of benzene rings is 1. The zero-order chi connectivity index (χ0) is 21.5. The molecule has 0 bridgehead atoms. The molecule has 10 nitrogen and oxygen atoms in total. The van der Waals surface area contributed by atoms with Gasteiger partial charge < -0.3 is 26.3 Å². The predicted molar refractivity (Wildman–Crippen MR) is 113 cm³/mol. The van der Waals surface area contributed by atoms with E-state index in [9.17, 15) is 9.59 Å². The van der Waals surface area contributed by atoms with E-state index in [0.717, 1.165) is 68.0 Å². The highest BCUT2D eigenvalue weighted by Crippen LogP contribution is 2.23. The van der Waals surface area contributed by atoms with Gasteiger partial charge in [0.2, 0.25) is 0 Å². The predicted octanol–water partition coefficient (Wildman–Crippen LogP) is -4.87. The third-order valence-electron chi connectivity index (χ3n) is 5.34. The van der Waals surface area contributed by atoms with E-state index >= 15 is 0 Å². The Morgan fingerprint density at radius 2 is 1.57 bits per heavy atom. The molecular weight excluding hydrogens is 384 g/mol. The van der Waals surface area contributed by atoms with Crippen molar-refractivity contribution in [3.63, 3.8) is 0 Å². The summed E-state index contributed by atoms with van der Waals surface area (Å²) in [4.78, 5) is 34.9. The topological polar surface area (TPSA) is 158 Å². The Labute approximate surface area is 174 Å². The molecule has 0 spiro atoms. The summed E-state index contributed by atoms with van der Waals surface area (Å²) in [5.41, 5.74) is 6.80. The largest absolute Gasteiger partial charge is 0.353 e.